The number of carbonyl (C=O) groups is 2. The van der Waals surface area contributed by atoms with Crippen LogP contribution in [0.2, 0.25) is 0 Å². The first-order valence-corrected chi connectivity index (χ1v) is 8.67. The van der Waals surface area contributed by atoms with Gasteiger partial charge < -0.3 is 10.2 Å². The number of rotatable bonds is 9. The van der Waals surface area contributed by atoms with Crippen molar-refractivity contribution in [2.75, 3.05) is 0 Å². The number of hydrogen-bond donors (Lipinski definition) is 1. The lowest BCUT2D eigenvalue weighted by Gasteiger charge is -2.31. The van der Waals surface area contributed by atoms with Gasteiger partial charge in [0.25, 0.3) is 0 Å². The van der Waals surface area contributed by atoms with Gasteiger partial charge in [-0.05, 0) is 31.7 Å². The monoisotopic (exact) mass is 318 g/mol. The van der Waals surface area contributed by atoms with E-state index in [-0.39, 0.29) is 17.9 Å². The van der Waals surface area contributed by atoms with E-state index in [0.29, 0.717) is 19.4 Å². The number of carbonyl (C=O) groups excluding carboxylic acids is 2. The Balaban J connectivity index is 2.95. The number of nitrogens with zero attached hydrogens (tertiary/aromatic N) is 1. The average molecular weight is 318 g/mol. The van der Waals surface area contributed by atoms with E-state index in [0.717, 1.165) is 18.4 Å². The maximum Gasteiger partial charge on any atom is 0.243 e. The van der Waals surface area contributed by atoms with Crippen molar-refractivity contribution in [3.05, 3.63) is 35.9 Å². The summed E-state index contributed by atoms with van der Waals surface area (Å²) in [6.07, 6.45) is 2.75. The Morgan fingerprint density at radius 1 is 1.09 bits per heavy atom. The second-order valence-electron chi connectivity index (χ2n) is 6.00. The Morgan fingerprint density at radius 2 is 1.74 bits per heavy atom. The van der Waals surface area contributed by atoms with Crippen molar-refractivity contribution in [1.29, 1.82) is 0 Å². The van der Waals surface area contributed by atoms with Gasteiger partial charge in [-0.2, -0.15) is 0 Å². The van der Waals surface area contributed by atoms with Crippen molar-refractivity contribution in [2.24, 2.45) is 0 Å². The van der Waals surface area contributed by atoms with E-state index in [2.05, 4.69) is 5.32 Å². The van der Waals surface area contributed by atoms with Crippen LogP contribution in [0.3, 0.4) is 0 Å². The summed E-state index contributed by atoms with van der Waals surface area (Å²) in [7, 11) is 0. The predicted molar refractivity (Wildman–Crippen MR) is 93.9 cm³/mol. The molecule has 0 saturated carbocycles. The molecule has 1 rings (SSSR count). The first kappa shape index (κ1) is 19.2. The molecule has 4 heteroatoms. The fourth-order valence-electron chi connectivity index (χ4n) is 2.50. The molecular formula is C19H30N2O2. The zero-order valence-corrected chi connectivity index (χ0v) is 14.8. The van der Waals surface area contributed by atoms with Crippen molar-refractivity contribution >= 4 is 11.8 Å². The number of benzene rings is 1. The molecule has 4 nitrogen and oxygen atoms in total. The summed E-state index contributed by atoms with van der Waals surface area (Å²) in [5, 5.41) is 3.01. The Morgan fingerprint density at radius 3 is 2.26 bits per heavy atom. The molecule has 0 saturated heterocycles. The van der Waals surface area contributed by atoms with Crippen LogP contribution in [0.1, 0.15) is 58.9 Å². The van der Waals surface area contributed by atoms with Gasteiger partial charge >= 0.3 is 0 Å². The highest BCUT2D eigenvalue weighted by atomic mass is 16.2. The van der Waals surface area contributed by atoms with Crippen LogP contribution in [0.15, 0.2) is 30.3 Å². The summed E-state index contributed by atoms with van der Waals surface area (Å²) in [6, 6.07) is 9.56. The van der Waals surface area contributed by atoms with Crippen molar-refractivity contribution in [3.63, 3.8) is 0 Å². The lowest BCUT2D eigenvalue weighted by molar-refractivity contribution is -0.141. The Kier molecular flexibility index (Phi) is 8.38. The third-order valence-corrected chi connectivity index (χ3v) is 4.05. The highest BCUT2D eigenvalue weighted by Gasteiger charge is 2.28. The zero-order valence-electron chi connectivity index (χ0n) is 14.8. The Hall–Kier alpha value is -1.84. The van der Waals surface area contributed by atoms with Crippen LogP contribution >= 0.6 is 0 Å². The smallest absolute Gasteiger partial charge is 0.243 e. The fourth-order valence-corrected chi connectivity index (χ4v) is 2.50. The van der Waals surface area contributed by atoms with Crippen LogP contribution in [0.5, 0.6) is 0 Å². The van der Waals surface area contributed by atoms with E-state index < -0.39 is 6.04 Å². The Bertz CT molecular complexity index is 487. The molecule has 2 amide bonds. The predicted octanol–water partition coefficient (Wildman–Crippen LogP) is 3.51. The highest BCUT2D eigenvalue weighted by Crippen LogP contribution is 2.14. The van der Waals surface area contributed by atoms with E-state index in [9.17, 15) is 9.59 Å². The molecule has 1 aromatic rings. The van der Waals surface area contributed by atoms with Crippen LogP contribution in [0.4, 0.5) is 0 Å². The van der Waals surface area contributed by atoms with Gasteiger partial charge in [0.1, 0.15) is 6.04 Å². The lowest BCUT2D eigenvalue weighted by atomic mass is 10.1. The van der Waals surface area contributed by atoms with Crippen LogP contribution in [-0.2, 0) is 16.1 Å². The zero-order chi connectivity index (χ0) is 17.2. The third kappa shape index (κ3) is 6.05. The summed E-state index contributed by atoms with van der Waals surface area (Å²) >= 11 is 0. The molecule has 0 aromatic heterocycles. The molecule has 0 heterocycles. The van der Waals surface area contributed by atoms with Gasteiger partial charge in [-0.1, -0.05) is 51.1 Å². The molecule has 0 aliphatic rings. The van der Waals surface area contributed by atoms with Gasteiger partial charge in [0.05, 0.1) is 0 Å². The molecule has 128 valence electrons. The van der Waals surface area contributed by atoms with Gasteiger partial charge in [0, 0.05) is 19.0 Å². The summed E-state index contributed by atoms with van der Waals surface area (Å²) in [6.45, 7) is 8.44. The number of nitrogens with one attached hydrogen (secondary N) is 1. The molecule has 0 aliphatic heterocycles. The van der Waals surface area contributed by atoms with E-state index in [4.69, 9.17) is 0 Å². The molecule has 0 aliphatic carbocycles. The van der Waals surface area contributed by atoms with E-state index in [1.165, 1.54) is 0 Å². The minimum atomic E-state index is -0.414. The van der Waals surface area contributed by atoms with Gasteiger partial charge in [0.2, 0.25) is 11.8 Å². The third-order valence-electron chi connectivity index (χ3n) is 4.05. The largest absolute Gasteiger partial charge is 0.352 e. The quantitative estimate of drug-likeness (QED) is 0.757. The first-order chi connectivity index (χ1) is 11.0. The standard InChI is InChI=1S/C19H30N2O2/c1-5-11-18(22)21(14-16-12-9-8-10-13-16)17(7-3)19(23)20-15(4)6-2/h8-10,12-13,15,17H,5-7,11,14H2,1-4H3,(H,20,23)/t15-,17-/m0/s1. The lowest BCUT2D eigenvalue weighted by Crippen LogP contribution is -2.50. The molecule has 0 bridgehead atoms. The maximum atomic E-state index is 12.6. The molecular weight excluding hydrogens is 288 g/mol. The van der Waals surface area contributed by atoms with Crippen molar-refractivity contribution in [2.45, 2.75) is 72.0 Å². The molecule has 1 N–H and O–H groups in total. The second kappa shape index (κ2) is 10.0. The molecule has 23 heavy (non-hydrogen) atoms. The number of amides is 2. The Labute approximate surface area is 140 Å². The summed E-state index contributed by atoms with van der Waals surface area (Å²) in [4.78, 5) is 26.9. The van der Waals surface area contributed by atoms with E-state index in [1.807, 2.05) is 58.0 Å². The van der Waals surface area contributed by atoms with E-state index in [1.54, 1.807) is 4.90 Å². The van der Waals surface area contributed by atoms with Gasteiger partial charge in [-0.3, -0.25) is 9.59 Å². The van der Waals surface area contributed by atoms with Crippen LogP contribution < -0.4 is 5.32 Å². The van der Waals surface area contributed by atoms with Gasteiger partial charge in [-0.15, -0.1) is 0 Å². The van der Waals surface area contributed by atoms with Crippen molar-refractivity contribution < 1.29 is 9.59 Å². The maximum absolute atomic E-state index is 12.6. The van der Waals surface area contributed by atoms with E-state index >= 15 is 0 Å². The van der Waals surface area contributed by atoms with Gasteiger partial charge in [0.15, 0.2) is 0 Å². The van der Waals surface area contributed by atoms with Crippen molar-refractivity contribution in [3.8, 4) is 0 Å². The molecule has 1 aromatic carbocycles. The minimum absolute atomic E-state index is 0.0440. The number of hydrogen-bond acceptors (Lipinski definition) is 2. The topological polar surface area (TPSA) is 49.4 Å². The van der Waals surface area contributed by atoms with Crippen LogP contribution in [-0.4, -0.2) is 28.8 Å². The summed E-state index contributed by atoms with van der Waals surface area (Å²) < 4.78 is 0. The highest BCUT2D eigenvalue weighted by molar-refractivity contribution is 5.87. The average Bonchev–Trinajstić information content (AvgIpc) is 2.55. The van der Waals surface area contributed by atoms with Crippen LogP contribution in [0, 0.1) is 0 Å². The molecule has 0 radical (unpaired) electrons. The second-order valence-corrected chi connectivity index (χ2v) is 6.00. The molecule has 2 atom stereocenters. The SMILES string of the molecule is CCCC(=O)N(Cc1ccccc1)[C@@H](CC)C(=O)N[C@@H](C)CC. The molecule has 0 fully saturated rings. The van der Waals surface area contributed by atoms with Crippen LogP contribution in [0.25, 0.3) is 0 Å². The summed E-state index contributed by atoms with van der Waals surface area (Å²) in [5.74, 6) is -0.00950. The first-order valence-electron chi connectivity index (χ1n) is 8.67. The fraction of sp³-hybridized carbons (Fsp3) is 0.579. The van der Waals surface area contributed by atoms with Gasteiger partial charge in [-0.25, -0.2) is 0 Å². The summed E-state index contributed by atoms with van der Waals surface area (Å²) in [5.41, 5.74) is 1.05. The molecule has 0 unspecified atom stereocenters. The minimum Gasteiger partial charge on any atom is -0.352 e. The van der Waals surface area contributed by atoms with Crippen molar-refractivity contribution in [1.82, 2.24) is 10.2 Å². The molecule has 0 spiro atoms. The normalized spacial score (nSPS) is 13.2.